The number of sulfonamides is 1. The fraction of sp³-hybridized carbons (Fsp3) is 0.444. The van der Waals surface area contributed by atoms with Crippen molar-refractivity contribution in [2.24, 2.45) is 13.0 Å². The van der Waals surface area contributed by atoms with Crippen LogP contribution in [0.25, 0.3) is 10.9 Å². The number of hydrogen-bond donors (Lipinski definition) is 1. The maximum absolute atomic E-state index is 12.5. The number of hydrogen-bond acceptors (Lipinski definition) is 4. The average Bonchev–Trinajstić information content (AvgIpc) is 2.62. The van der Waals surface area contributed by atoms with E-state index in [4.69, 9.17) is 0 Å². The van der Waals surface area contributed by atoms with Crippen molar-refractivity contribution in [3.63, 3.8) is 0 Å². The first-order valence-corrected chi connectivity index (χ1v) is 10.4. The number of nitrogens with zero attached hydrogens (tertiary/aromatic N) is 2. The number of aromatic nitrogens is 1. The molecule has 3 rings (SSSR count). The molecule has 1 aromatic heterocycles. The summed E-state index contributed by atoms with van der Waals surface area (Å²) in [6, 6.07) is 9.00. The number of carbonyl (C=O) groups excluding carboxylic acids is 1. The van der Waals surface area contributed by atoms with Crippen molar-refractivity contribution in [2.75, 3.05) is 25.9 Å². The first-order valence-electron chi connectivity index (χ1n) is 8.59. The van der Waals surface area contributed by atoms with Crippen molar-refractivity contribution in [1.82, 2.24) is 14.2 Å². The standard InChI is InChI=1S/C18H23N3O4S/c1-20-16-8-4-3-7-14(16)10-15(18(20)23)17(22)19-11-13-6-5-9-21(12-13)26(2,24)25/h3-4,7-8,10,13H,5-6,9,11-12H2,1-2H3,(H,19,22). The topological polar surface area (TPSA) is 88.5 Å². The van der Waals surface area contributed by atoms with Gasteiger partial charge in [0.05, 0.1) is 11.8 Å². The van der Waals surface area contributed by atoms with Crippen molar-refractivity contribution in [2.45, 2.75) is 12.8 Å². The average molecular weight is 377 g/mol. The van der Waals surface area contributed by atoms with Crippen LogP contribution in [0.15, 0.2) is 35.1 Å². The molecule has 1 fully saturated rings. The minimum atomic E-state index is -3.22. The molecule has 2 aromatic rings. The van der Waals surface area contributed by atoms with Gasteiger partial charge in [-0.15, -0.1) is 0 Å². The third-order valence-electron chi connectivity index (χ3n) is 4.88. The lowest BCUT2D eigenvalue weighted by Gasteiger charge is -2.30. The Kier molecular flexibility index (Phi) is 5.15. The van der Waals surface area contributed by atoms with E-state index in [1.807, 2.05) is 24.3 Å². The van der Waals surface area contributed by atoms with Crippen LogP contribution in [0.2, 0.25) is 0 Å². The Hall–Kier alpha value is -2.19. The molecule has 1 atom stereocenters. The second kappa shape index (κ2) is 7.20. The highest BCUT2D eigenvalue weighted by atomic mass is 32.2. The van der Waals surface area contributed by atoms with Gasteiger partial charge in [0.1, 0.15) is 5.56 Å². The van der Waals surface area contributed by atoms with Crippen LogP contribution in [0.4, 0.5) is 0 Å². The molecule has 0 spiro atoms. The van der Waals surface area contributed by atoms with E-state index >= 15 is 0 Å². The van der Waals surface area contributed by atoms with Gasteiger partial charge in [0.25, 0.3) is 11.5 Å². The molecule has 140 valence electrons. The molecular formula is C18H23N3O4S. The Morgan fingerprint density at radius 3 is 2.77 bits per heavy atom. The molecule has 1 aliphatic heterocycles. The van der Waals surface area contributed by atoms with Crippen molar-refractivity contribution in [1.29, 1.82) is 0 Å². The van der Waals surface area contributed by atoms with E-state index in [-0.39, 0.29) is 17.0 Å². The zero-order valence-corrected chi connectivity index (χ0v) is 15.8. The van der Waals surface area contributed by atoms with Gasteiger partial charge < -0.3 is 9.88 Å². The van der Waals surface area contributed by atoms with Crippen molar-refractivity contribution < 1.29 is 13.2 Å². The Bertz CT molecular complexity index is 997. The number of fused-ring (bicyclic) bond motifs is 1. The molecule has 1 N–H and O–H groups in total. The molecule has 1 aliphatic rings. The van der Waals surface area contributed by atoms with Gasteiger partial charge >= 0.3 is 0 Å². The number of amides is 1. The van der Waals surface area contributed by atoms with Gasteiger partial charge in [-0.25, -0.2) is 12.7 Å². The number of para-hydroxylation sites is 1. The number of rotatable bonds is 4. The second-order valence-corrected chi connectivity index (χ2v) is 8.80. The normalized spacial score (nSPS) is 18.8. The van der Waals surface area contributed by atoms with Crippen molar-refractivity contribution in [3.8, 4) is 0 Å². The predicted molar refractivity (Wildman–Crippen MR) is 101 cm³/mol. The summed E-state index contributed by atoms with van der Waals surface area (Å²) in [5, 5.41) is 3.62. The number of benzene rings is 1. The molecular weight excluding hydrogens is 354 g/mol. The third kappa shape index (κ3) is 3.81. The minimum absolute atomic E-state index is 0.0479. The van der Waals surface area contributed by atoms with Crippen LogP contribution in [0.5, 0.6) is 0 Å². The van der Waals surface area contributed by atoms with E-state index in [0.717, 1.165) is 23.7 Å². The predicted octanol–water partition coefficient (Wildman–Crippen LogP) is 0.940. The number of pyridine rings is 1. The maximum Gasteiger partial charge on any atom is 0.263 e. The third-order valence-corrected chi connectivity index (χ3v) is 6.15. The van der Waals surface area contributed by atoms with Gasteiger partial charge in [-0.2, -0.15) is 0 Å². The molecule has 0 radical (unpaired) electrons. The Labute approximate surface area is 152 Å². The summed E-state index contributed by atoms with van der Waals surface area (Å²) in [7, 11) is -1.57. The Balaban J connectivity index is 1.74. The molecule has 1 aromatic carbocycles. The van der Waals surface area contributed by atoms with Crippen LogP contribution in [-0.4, -0.2) is 49.1 Å². The molecule has 1 unspecified atom stereocenters. The molecule has 1 amide bonds. The largest absolute Gasteiger partial charge is 0.352 e. The van der Waals surface area contributed by atoms with Gasteiger partial charge in [0.2, 0.25) is 10.0 Å². The lowest BCUT2D eigenvalue weighted by Crippen LogP contribution is -2.43. The van der Waals surface area contributed by atoms with E-state index in [1.165, 1.54) is 15.1 Å². The highest BCUT2D eigenvalue weighted by Crippen LogP contribution is 2.18. The minimum Gasteiger partial charge on any atom is -0.352 e. The maximum atomic E-state index is 12.5. The summed E-state index contributed by atoms with van der Waals surface area (Å²) in [6.07, 6.45) is 2.82. The van der Waals surface area contributed by atoms with Gasteiger partial charge in [-0.1, -0.05) is 18.2 Å². The number of piperidine rings is 1. The van der Waals surface area contributed by atoms with Crippen LogP contribution in [0, 0.1) is 5.92 Å². The first-order chi connectivity index (χ1) is 12.3. The fourth-order valence-corrected chi connectivity index (χ4v) is 4.35. The van der Waals surface area contributed by atoms with Crippen molar-refractivity contribution >= 4 is 26.8 Å². The van der Waals surface area contributed by atoms with Gasteiger partial charge in [-0.3, -0.25) is 9.59 Å². The summed E-state index contributed by atoms with van der Waals surface area (Å²) >= 11 is 0. The Morgan fingerprint density at radius 1 is 1.31 bits per heavy atom. The summed E-state index contributed by atoms with van der Waals surface area (Å²) < 4.78 is 26.3. The zero-order valence-electron chi connectivity index (χ0n) is 14.9. The van der Waals surface area contributed by atoms with Crippen molar-refractivity contribution in [3.05, 3.63) is 46.2 Å². The van der Waals surface area contributed by atoms with Crippen LogP contribution in [0.3, 0.4) is 0 Å². The van der Waals surface area contributed by atoms with E-state index in [0.29, 0.717) is 19.6 Å². The molecule has 0 aliphatic carbocycles. The summed E-state index contributed by atoms with van der Waals surface area (Å²) in [6.45, 7) is 1.27. The molecule has 0 saturated carbocycles. The van der Waals surface area contributed by atoms with Gasteiger partial charge in [-0.05, 0) is 36.3 Å². The van der Waals surface area contributed by atoms with E-state index in [9.17, 15) is 18.0 Å². The van der Waals surface area contributed by atoms with E-state index in [2.05, 4.69) is 5.32 Å². The molecule has 8 heteroatoms. The Morgan fingerprint density at radius 2 is 2.04 bits per heavy atom. The monoisotopic (exact) mass is 377 g/mol. The SMILES string of the molecule is Cn1c(=O)c(C(=O)NCC2CCCN(S(C)(=O)=O)C2)cc2ccccc21. The van der Waals surface area contributed by atoms with Gasteiger partial charge in [0, 0.05) is 26.7 Å². The quantitative estimate of drug-likeness (QED) is 0.859. The molecule has 26 heavy (non-hydrogen) atoms. The van der Waals surface area contributed by atoms with Crippen LogP contribution in [-0.2, 0) is 17.1 Å². The lowest BCUT2D eigenvalue weighted by molar-refractivity contribution is 0.0940. The van der Waals surface area contributed by atoms with Crippen LogP contribution < -0.4 is 10.9 Å². The fourth-order valence-electron chi connectivity index (χ4n) is 3.41. The summed E-state index contributed by atoms with van der Waals surface area (Å²) in [5.74, 6) is -0.375. The second-order valence-electron chi connectivity index (χ2n) is 6.82. The molecule has 7 nitrogen and oxygen atoms in total. The molecule has 1 saturated heterocycles. The first kappa shape index (κ1) is 18.6. The molecule has 2 heterocycles. The smallest absolute Gasteiger partial charge is 0.263 e. The van der Waals surface area contributed by atoms with Crippen LogP contribution >= 0.6 is 0 Å². The highest BCUT2D eigenvalue weighted by Gasteiger charge is 2.26. The lowest BCUT2D eigenvalue weighted by atomic mass is 9.99. The molecule has 0 bridgehead atoms. The number of aryl methyl sites for hydroxylation is 1. The van der Waals surface area contributed by atoms with E-state index in [1.54, 1.807) is 13.1 Å². The van der Waals surface area contributed by atoms with Gasteiger partial charge in [0.15, 0.2) is 0 Å². The van der Waals surface area contributed by atoms with Crippen LogP contribution in [0.1, 0.15) is 23.2 Å². The zero-order chi connectivity index (χ0) is 18.9. The number of nitrogens with one attached hydrogen (secondary N) is 1. The summed E-state index contributed by atoms with van der Waals surface area (Å²) in [4.78, 5) is 25.0. The highest BCUT2D eigenvalue weighted by molar-refractivity contribution is 7.88. The summed E-state index contributed by atoms with van der Waals surface area (Å²) in [5.41, 5.74) is 0.523. The van der Waals surface area contributed by atoms with E-state index < -0.39 is 15.9 Å². The number of carbonyl (C=O) groups is 1.